The van der Waals surface area contributed by atoms with E-state index < -0.39 is 5.91 Å². The Morgan fingerprint density at radius 2 is 1.53 bits per heavy atom. The number of benzene rings is 3. The number of nitrogens with one attached hydrogen (secondary N) is 2. The molecule has 0 heterocycles. The van der Waals surface area contributed by atoms with Crippen LogP contribution in [0.5, 0.6) is 11.5 Å². The zero-order valence-electron chi connectivity index (χ0n) is 17.8. The summed E-state index contributed by atoms with van der Waals surface area (Å²) in [4.78, 5) is 24.0. The second-order valence-corrected chi connectivity index (χ2v) is 6.78. The van der Waals surface area contributed by atoms with E-state index in [2.05, 4.69) is 15.8 Å². The van der Waals surface area contributed by atoms with Crippen LogP contribution in [0, 0.1) is 0 Å². The number of ether oxygens (including phenoxy) is 2. The molecule has 7 heteroatoms. The van der Waals surface area contributed by atoms with Gasteiger partial charge in [0.1, 0.15) is 18.1 Å². The summed E-state index contributed by atoms with van der Waals surface area (Å²) in [7, 11) is 0. The van der Waals surface area contributed by atoms with Crippen molar-refractivity contribution < 1.29 is 19.1 Å². The summed E-state index contributed by atoms with van der Waals surface area (Å²) in [5.74, 6) is 0.653. The van der Waals surface area contributed by atoms with E-state index >= 15 is 0 Å². The maximum atomic E-state index is 12.1. The fourth-order valence-electron chi connectivity index (χ4n) is 2.74. The molecule has 164 valence electrons. The monoisotopic (exact) mass is 431 g/mol. The molecule has 0 radical (unpaired) electrons. The molecular weight excluding hydrogens is 406 g/mol. The van der Waals surface area contributed by atoms with Gasteiger partial charge in [0.2, 0.25) is 0 Å². The van der Waals surface area contributed by atoms with E-state index in [1.165, 1.54) is 6.21 Å². The molecule has 0 aliphatic carbocycles. The number of hydrogen-bond donors (Lipinski definition) is 2. The number of rotatable bonds is 10. The molecule has 0 unspecified atom stereocenters. The minimum atomic E-state index is -0.427. The van der Waals surface area contributed by atoms with E-state index in [-0.39, 0.29) is 12.5 Å². The third kappa shape index (κ3) is 7.28. The van der Waals surface area contributed by atoms with Crippen LogP contribution >= 0.6 is 0 Å². The first-order chi connectivity index (χ1) is 15.6. The molecule has 0 saturated heterocycles. The van der Waals surface area contributed by atoms with Crippen LogP contribution in [-0.2, 0) is 11.4 Å². The summed E-state index contributed by atoms with van der Waals surface area (Å²) in [6, 6.07) is 24.0. The first kappa shape index (κ1) is 22.6. The Morgan fingerprint density at radius 1 is 0.875 bits per heavy atom. The fourth-order valence-corrected chi connectivity index (χ4v) is 2.74. The Morgan fingerprint density at radius 3 is 2.22 bits per heavy atom. The molecule has 0 atom stereocenters. The molecule has 0 bridgehead atoms. The SMILES string of the molecule is CCOc1ccc(C(=O)NCC(=O)N/N=C/c2ccc(OCc3ccccc3)cc2)cc1. The smallest absolute Gasteiger partial charge is 0.259 e. The first-order valence-corrected chi connectivity index (χ1v) is 10.2. The number of amides is 2. The van der Waals surface area contributed by atoms with Crippen LogP contribution < -0.4 is 20.2 Å². The predicted molar refractivity (Wildman–Crippen MR) is 123 cm³/mol. The van der Waals surface area contributed by atoms with Crippen LogP contribution in [0.3, 0.4) is 0 Å². The first-order valence-electron chi connectivity index (χ1n) is 10.2. The summed E-state index contributed by atoms with van der Waals surface area (Å²) >= 11 is 0. The predicted octanol–water partition coefficient (Wildman–Crippen LogP) is 3.54. The van der Waals surface area contributed by atoms with Crippen LogP contribution in [-0.4, -0.2) is 31.2 Å². The second-order valence-electron chi connectivity index (χ2n) is 6.78. The molecule has 7 nitrogen and oxygen atoms in total. The number of hydrogen-bond acceptors (Lipinski definition) is 5. The summed E-state index contributed by atoms with van der Waals surface area (Å²) in [5.41, 5.74) is 4.73. The van der Waals surface area contributed by atoms with E-state index in [0.29, 0.717) is 24.5 Å². The van der Waals surface area contributed by atoms with Crippen molar-refractivity contribution in [3.63, 3.8) is 0 Å². The van der Waals surface area contributed by atoms with Crippen LogP contribution in [0.15, 0.2) is 84.0 Å². The maximum Gasteiger partial charge on any atom is 0.259 e. The van der Waals surface area contributed by atoms with E-state index in [4.69, 9.17) is 9.47 Å². The van der Waals surface area contributed by atoms with Crippen molar-refractivity contribution in [1.82, 2.24) is 10.7 Å². The third-order valence-electron chi connectivity index (χ3n) is 4.37. The average molecular weight is 431 g/mol. The van der Waals surface area contributed by atoms with E-state index in [1.54, 1.807) is 24.3 Å². The summed E-state index contributed by atoms with van der Waals surface area (Å²) in [6.07, 6.45) is 1.52. The van der Waals surface area contributed by atoms with Gasteiger partial charge in [-0.15, -0.1) is 0 Å². The van der Waals surface area contributed by atoms with Gasteiger partial charge in [0.15, 0.2) is 0 Å². The molecule has 3 rings (SSSR count). The minimum absolute atomic E-state index is 0.185. The summed E-state index contributed by atoms with van der Waals surface area (Å²) in [6.45, 7) is 2.75. The molecular formula is C25H25N3O4. The van der Waals surface area contributed by atoms with Crippen LogP contribution in [0.25, 0.3) is 0 Å². The molecule has 0 saturated carbocycles. The van der Waals surface area contributed by atoms with Crippen molar-refractivity contribution in [1.29, 1.82) is 0 Å². The molecule has 3 aromatic carbocycles. The van der Waals surface area contributed by atoms with Gasteiger partial charge >= 0.3 is 0 Å². The van der Waals surface area contributed by atoms with Crippen LogP contribution in [0.4, 0.5) is 0 Å². The topological polar surface area (TPSA) is 89.0 Å². The molecule has 0 aromatic heterocycles. The average Bonchev–Trinajstić information content (AvgIpc) is 2.83. The highest BCUT2D eigenvalue weighted by atomic mass is 16.5. The molecule has 2 N–H and O–H groups in total. The van der Waals surface area contributed by atoms with Crippen molar-refractivity contribution in [2.24, 2.45) is 5.10 Å². The molecule has 0 aliphatic heterocycles. The second kappa shape index (κ2) is 11.9. The van der Waals surface area contributed by atoms with Crippen molar-refractivity contribution in [2.75, 3.05) is 13.2 Å². The Labute approximate surface area is 187 Å². The van der Waals surface area contributed by atoms with Crippen molar-refractivity contribution in [3.05, 3.63) is 95.6 Å². The Balaban J connectivity index is 1.39. The van der Waals surface area contributed by atoms with Crippen molar-refractivity contribution in [2.45, 2.75) is 13.5 Å². The largest absolute Gasteiger partial charge is 0.494 e. The van der Waals surface area contributed by atoms with E-state index in [9.17, 15) is 9.59 Å². The normalized spacial score (nSPS) is 10.5. The zero-order chi connectivity index (χ0) is 22.6. The van der Waals surface area contributed by atoms with Gasteiger partial charge in [0.25, 0.3) is 11.8 Å². The van der Waals surface area contributed by atoms with Gasteiger partial charge in [-0.2, -0.15) is 5.10 Å². The van der Waals surface area contributed by atoms with Gasteiger partial charge in [-0.25, -0.2) is 5.43 Å². The minimum Gasteiger partial charge on any atom is -0.494 e. The zero-order valence-corrected chi connectivity index (χ0v) is 17.8. The summed E-state index contributed by atoms with van der Waals surface area (Å²) in [5, 5.41) is 6.47. The lowest BCUT2D eigenvalue weighted by atomic mass is 10.2. The van der Waals surface area contributed by atoms with Gasteiger partial charge in [-0.3, -0.25) is 9.59 Å². The molecule has 3 aromatic rings. The van der Waals surface area contributed by atoms with E-state index in [1.807, 2.05) is 61.5 Å². The molecule has 32 heavy (non-hydrogen) atoms. The standard InChI is InChI=1S/C25H25N3O4/c1-2-31-22-14-10-21(11-15-22)25(30)26-17-24(29)28-27-16-19-8-12-23(13-9-19)32-18-20-6-4-3-5-7-20/h3-16H,2,17-18H2,1H3,(H,26,30)(H,28,29)/b27-16+. The van der Waals surface area contributed by atoms with Crippen LogP contribution in [0.2, 0.25) is 0 Å². The highest BCUT2D eigenvalue weighted by Gasteiger charge is 2.07. The van der Waals surface area contributed by atoms with Gasteiger partial charge in [0, 0.05) is 5.56 Å². The highest BCUT2D eigenvalue weighted by molar-refractivity contribution is 5.96. The van der Waals surface area contributed by atoms with Crippen molar-refractivity contribution >= 4 is 18.0 Å². The quantitative estimate of drug-likeness (QED) is 0.380. The highest BCUT2D eigenvalue weighted by Crippen LogP contribution is 2.14. The maximum absolute atomic E-state index is 12.1. The molecule has 0 spiro atoms. The van der Waals surface area contributed by atoms with Gasteiger partial charge in [0.05, 0.1) is 19.4 Å². The van der Waals surface area contributed by atoms with Gasteiger partial charge < -0.3 is 14.8 Å². The lowest BCUT2D eigenvalue weighted by molar-refractivity contribution is -0.120. The van der Waals surface area contributed by atoms with Crippen LogP contribution in [0.1, 0.15) is 28.4 Å². The lowest BCUT2D eigenvalue weighted by Crippen LogP contribution is -2.34. The molecule has 0 fully saturated rings. The number of nitrogens with zero attached hydrogens (tertiary/aromatic N) is 1. The summed E-state index contributed by atoms with van der Waals surface area (Å²) < 4.78 is 11.1. The number of carbonyl (C=O) groups excluding carboxylic acids is 2. The Kier molecular flexibility index (Phi) is 8.39. The van der Waals surface area contributed by atoms with Gasteiger partial charge in [-0.1, -0.05) is 30.3 Å². The van der Waals surface area contributed by atoms with Crippen molar-refractivity contribution in [3.8, 4) is 11.5 Å². The van der Waals surface area contributed by atoms with Gasteiger partial charge in [-0.05, 0) is 66.6 Å². The van der Waals surface area contributed by atoms with E-state index in [0.717, 1.165) is 16.9 Å². The molecule has 0 aliphatic rings. The Hall–Kier alpha value is -4.13. The molecule has 2 amide bonds. The Bertz CT molecular complexity index is 1030. The fraction of sp³-hybridized carbons (Fsp3) is 0.160. The number of carbonyl (C=O) groups is 2. The number of hydrazone groups is 1. The third-order valence-corrected chi connectivity index (χ3v) is 4.37. The lowest BCUT2D eigenvalue weighted by Gasteiger charge is -2.06.